The minimum Gasteiger partial charge on any atom is -0.507 e. The maximum Gasteiger partial charge on any atom is 0.255 e. The number of phenols is 1. The number of amides is 2. The number of benzene rings is 4. The quantitative estimate of drug-likeness (QED) is 0.193. The number of aromatic hydroxyl groups is 1. The van der Waals surface area contributed by atoms with Gasteiger partial charge in [-0.1, -0.05) is 36.4 Å². The summed E-state index contributed by atoms with van der Waals surface area (Å²) in [6.45, 7) is 0. The summed E-state index contributed by atoms with van der Waals surface area (Å²) in [4.78, 5) is 38.3. The van der Waals surface area contributed by atoms with Crippen LogP contribution in [0.25, 0.3) is 33.4 Å². The van der Waals surface area contributed by atoms with Gasteiger partial charge in [0.05, 0.1) is 16.7 Å². The van der Waals surface area contributed by atoms with E-state index in [0.29, 0.717) is 22.1 Å². The van der Waals surface area contributed by atoms with Gasteiger partial charge in [0.15, 0.2) is 0 Å². The Hall–Kier alpha value is -5.31. The van der Waals surface area contributed by atoms with E-state index in [1.165, 1.54) is 49.5 Å². The lowest BCUT2D eigenvalue weighted by atomic mass is 9.96. The van der Waals surface area contributed by atoms with E-state index in [-0.39, 0.29) is 33.9 Å². The summed E-state index contributed by atoms with van der Waals surface area (Å²) in [5.74, 6) is -1.35. The Morgan fingerprint density at radius 1 is 0.927 bits per heavy atom. The first-order valence-corrected chi connectivity index (χ1v) is 13.0. The van der Waals surface area contributed by atoms with Crippen molar-refractivity contribution in [2.24, 2.45) is 5.18 Å². The van der Waals surface area contributed by atoms with Gasteiger partial charge in [-0.15, -0.1) is 4.91 Å². The number of halogens is 1. The van der Waals surface area contributed by atoms with Crippen molar-refractivity contribution in [3.63, 3.8) is 0 Å². The molecular formula is C32H24FN3O5. The maximum atomic E-state index is 13.6. The van der Waals surface area contributed by atoms with Crippen LogP contribution in [-0.4, -0.2) is 24.0 Å². The lowest BCUT2D eigenvalue weighted by molar-refractivity contribution is 0.0926. The van der Waals surface area contributed by atoms with Crippen LogP contribution in [0.15, 0.2) is 94.5 Å². The fourth-order valence-corrected chi connectivity index (χ4v) is 5.13. The highest BCUT2D eigenvalue weighted by atomic mass is 19.1. The molecule has 1 aliphatic carbocycles. The number of rotatable bonds is 7. The number of carbonyl (C=O) groups is 2. The van der Waals surface area contributed by atoms with Gasteiger partial charge in [-0.3, -0.25) is 9.59 Å². The molecule has 5 aromatic rings. The number of furan rings is 1. The molecule has 0 spiro atoms. The van der Waals surface area contributed by atoms with E-state index in [1.54, 1.807) is 12.1 Å². The fourth-order valence-electron chi connectivity index (χ4n) is 5.13. The Balaban J connectivity index is 1.44. The fraction of sp³-hybridized carbons (Fsp3) is 0.125. The predicted octanol–water partition coefficient (Wildman–Crippen LogP) is 6.79. The van der Waals surface area contributed by atoms with Gasteiger partial charge in [-0.05, 0) is 71.6 Å². The van der Waals surface area contributed by atoms with E-state index in [4.69, 9.17) is 4.42 Å². The number of nitroso groups, excluding NO2 is 1. The van der Waals surface area contributed by atoms with Gasteiger partial charge in [-0.2, -0.15) is 0 Å². The molecule has 1 saturated carbocycles. The van der Waals surface area contributed by atoms with Crippen LogP contribution in [0.5, 0.6) is 5.75 Å². The largest absolute Gasteiger partial charge is 0.507 e. The molecule has 0 aliphatic heterocycles. The smallest absolute Gasteiger partial charge is 0.255 e. The summed E-state index contributed by atoms with van der Waals surface area (Å²) in [5.41, 5.74) is 2.21. The number of carbonyl (C=O) groups excluding carboxylic acids is 2. The number of phenolic OH excluding ortho intramolecular Hbond substituents is 1. The van der Waals surface area contributed by atoms with Gasteiger partial charge >= 0.3 is 0 Å². The van der Waals surface area contributed by atoms with Gasteiger partial charge in [0.1, 0.15) is 28.6 Å². The zero-order valence-corrected chi connectivity index (χ0v) is 21.9. The Labute approximate surface area is 233 Å². The summed E-state index contributed by atoms with van der Waals surface area (Å²) < 4.78 is 19.5. The number of fused-ring (bicyclic) bond motifs is 1. The normalized spacial score (nSPS) is 13.5. The molecule has 1 heterocycles. The van der Waals surface area contributed by atoms with Gasteiger partial charge in [0, 0.05) is 29.6 Å². The lowest BCUT2D eigenvalue weighted by Gasteiger charge is -2.19. The molecule has 41 heavy (non-hydrogen) atoms. The molecule has 0 unspecified atom stereocenters. The van der Waals surface area contributed by atoms with Crippen LogP contribution in [-0.2, 0) is 5.54 Å². The van der Waals surface area contributed by atoms with Crippen LogP contribution in [0.2, 0.25) is 0 Å². The molecule has 0 atom stereocenters. The summed E-state index contributed by atoms with van der Waals surface area (Å²) in [5, 5.41) is 19.8. The van der Waals surface area contributed by atoms with E-state index in [9.17, 15) is 24.0 Å². The second-order valence-electron chi connectivity index (χ2n) is 9.98. The van der Waals surface area contributed by atoms with Gasteiger partial charge < -0.3 is 20.2 Å². The maximum absolute atomic E-state index is 13.6. The monoisotopic (exact) mass is 549 g/mol. The van der Waals surface area contributed by atoms with Crippen molar-refractivity contribution >= 4 is 28.5 Å². The first-order chi connectivity index (χ1) is 19.8. The van der Waals surface area contributed by atoms with E-state index >= 15 is 0 Å². The summed E-state index contributed by atoms with van der Waals surface area (Å²) in [7, 11) is 1.48. The molecular weight excluding hydrogens is 525 g/mol. The van der Waals surface area contributed by atoms with E-state index < -0.39 is 23.2 Å². The van der Waals surface area contributed by atoms with Crippen molar-refractivity contribution in [3.05, 3.63) is 112 Å². The van der Waals surface area contributed by atoms with E-state index in [2.05, 4.69) is 15.8 Å². The first-order valence-electron chi connectivity index (χ1n) is 13.0. The number of hydrogen-bond acceptors (Lipinski definition) is 6. The Bertz CT molecular complexity index is 1830. The third-order valence-electron chi connectivity index (χ3n) is 7.45. The van der Waals surface area contributed by atoms with Crippen molar-refractivity contribution in [2.75, 3.05) is 7.05 Å². The summed E-state index contributed by atoms with van der Waals surface area (Å²) in [6.07, 6.45) is 1.55. The van der Waals surface area contributed by atoms with Crippen LogP contribution >= 0.6 is 0 Å². The van der Waals surface area contributed by atoms with E-state index in [0.717, 1.165) is 18.4 Å². The van der Waals surface area contributed by atoms with Crippen molar-refractivity contribution in [2.45, 2.75) is 18.4 Å². The third-order valence-corrected chi connectivity index (χ3v) is 7.45. The second-order valence-corrected chi connectivity index (χ2v) is 9.98. The standard InChI is InChI=1S/C32H24FN3O5/c1-34-31(39)28-24-16-22(25(36-40)17-27(24)41-29(28)18-7-10-21(33)11-8-18)19-9-12-26(37)23(15-19)30(38)35-32(13-14-32)20-5-3-2-4-6-20/h2-12,15-17,37H,13-14H2,1H3,(H,34,39)(H,35,38). The Morgan fingerprint density at radius 3 is 2.29 bits per heavy atom. The average Bonchev–Trinajstić information content (AvgIpc) is 3.68. The minimum absolute atomic E-state index is 0.0142. The Morgan fingerprint density at radius 2 is 1.63 bits per heavy atom. The van der Waals surface area contributed by atoms with Gasteiger partial charge in [0.25, 0.3) is 11.8 Å². The number of hydrogen-bond donors (Lipinski definition) is 3. The molecule has 2 amide bonds. The van der Waals surface area contributed by atoms with Crippen LogP contribution < -0.4 is 10.6 Å². The minimum atomic E-state index is -0.495. The van der Waals surface area contributed by atoms with E-state index in [1.807, 2.05) is 30.3 Å². The van der Waals surface area contributed by atoms with Gasteiger partial charge in [0.2, 0.25) is 0 Å². The number of nitrogens with zero attached hydrogens (tertiary/aromatic N) is 1. The molecule has 6 rings (SSSR count). The zero-order valence-electron chi connectivity index (χ0n) is 21.9. The molecule has 1 aliphatic rings. The number of nitrogens with one attached hydrogen (secondary N) is 2. The first kappa shape index (κ1) is 25.9. The highest BCUT2D eigenvalue weighted by Crippen LogP contribution is 2.46. The predicted molar refractivity (Wildman–Crippen MR) is 152 cm³/mol. The van der Waals surface area contributed by atoms with Gasteiger partial charge in [-0.25, -0.2) is 4.39 Å². The SMILES string of the molecule is CNC(=O)c1c(-c2ccc(F)cc2)oc2cc(N=O)c(-c3ccc(O)c(C(=O)NC4(c5ccccc5)CC4)c3)cc12. The highest BCUT2D eigenvalue weighted by molar-refractivity contribution is 6.12. The summed E-state index contributed by atoms with van der Waals surface area (Å²) in [6, 6.07) is 22.6. The molecule has 1 aromatic heterocycles. The van der Waals surface area contributed by atoms with Crippen LogP contribution in [0.1, 0.15) is 39.1 Å². The van der Waals surface area contributed by atoms with Crippen molar-refractivity contribution < 1.29 is 23.5 Å². The molecule has 204 valence electrons. The molecule has 8 nitrogen and oxygen atoms in total. The second kappa shape index (κ2) is 10.0. The van der Waals surface area contributed by atoms with Crippen molar-refractivity contribution in [3.8, 4) is 28.2 Å². The van der Waals surface area contributed by atoms with Crippen molar-refractivity contribution in [1.29, 1.82) is 0 Å². The molecule has 9 heteroatoms. The zero-order chi connectivity index (χ0) is 28.7. The molecule has 0 radical (unpaired) electrons. The topological polar surface area (TPSA) is 121 Å². The van der Waals surface area contributed by atoms with Crippen molar-refractivity contribution in [1.82, 2.24) is 10.6 Å². The average molecular weight is 550 g/mol. The summed E-state index contributed by atoms with van der Waals surface area (Å²) >= 11 is 0. The molecule has 1 fully saturated rings. The van der Waals surface area contributed by atoms with Crippen LogP contribution in [0, 0.1) is 10.7 Å². The van der Waals surface area contributed by atoms with Crippen LogP contribution in [0.3, 0.4) is 0 Å². The Kier molecular flexibility index (Phi) is 6.34. The van der Waals surface area contributed by atoms with Crippen LogP contribution in [0.4, 0.5) is 10.1 Å². The highest BCUT2D eigenvalue weighted by Gasteiger charge is 2.45. The molecule has 0 saturated heterocycles. The molecule has 3 N–H and O–H groups in total. The molecule has 0 bridgehead atoms. The molecule has 4 aromatic carbocycles. The lowest BCUT2D eigenvalue weighted by Crippen LogP contribution is -2.34. The third kappa shape index (κ3) is 4.61.